The van der Waals surface area contributed by atoms with Gasteiger partial charge in [-0.3, -0.25) is 4.79 Å². The summed E-state index contributed by atoms with van der Waals surface area (Å²) < 4.78 is 43.7. The summed E-state index contributed by atoms with van der Waals surface area (Å²) in [5.41, 5.74) is 3.51. The molecule has 0 radical (unpaired) electrons. The molecule has 0 spiro atoms. The van der Waals surface area contributed by atoms with Crippen LogP contribution in [0.4, 0.5) is 10.1 Å². The number of carbonyl (C=O) groups is 1. The minimum absolute atomic E-state index is 0.0577. The Labute approximate surface area is 217 Å². The van der Waals surface area contributed by atoms with Crippen molar-refractivity contribution in [3.8, 4) is 0 Å². The van der Waals surface area contributed by atoms with Gasteiger partial charge in [-0.2, -0.15) is 4.31 Å². The van der Waals surface area contributed by atoms with E-state index in [2.05, 4.69) is 5.32 Å². The highest BCUT2D eigenvalue weighted by atomic mass is 32.2. The number of halogens is 1. The predicted octanol–water partition coefficient (Wildman–Crippen LogP) is 6.07. The lowest BCUT2D eigenvalue weighted by Crippen LogP contribution is -2.33. The molecule has 5 nitrogen and oxygen atoms in total. The third-order valence-electron chi connectivity index (χ3n) is 6.13. The first-order valence-corrected chi connectivity index (χ1v) is 13.6. The summed E-state index contributed by atoms with van der Waals surface area (Å²) in [6.45, 7) is 2.27. The van der Waals surface area contributed by atoms with Crippen molar-refractivity contribution < 1.29 is 17.6 Å². The van der Waals surface area contributed by atoms with Crippen molar-refractivity contribution in [1.29, 1.82) is 0 Å². The second-order valence-electron chi connectivity index (χ2n) is 8.71. The van der Waals surface area contributed by atoms with E-state index >= 15 is 0 Å². The SMILES string of the molecule is CCc1ccc(NC(=O)c2ccc(F)c(S(=O)(=O)N(CCc3ccccc3)Cc3ccccc3)c2)cc1. The number of carbonyl (C=O) groups excluding carboxylic acids is 1. The van der Waals surface area contributed by atoms with Crippen LogP contribution in [-0.4, -0.2) is 25.2 Å². The molecule has 0 saturated heterocycles. The number of nitrogens with one attached hydrogen (secondary N) is 1. The van der Waals surface area contributed by atoms with Crippen LogP contribution in [0.1, 0.15) is 34.0 Å². The van der Waals surface area contributed by atoms with Crippen LogP contribution in [0, 0.1) is 5.82 Å². The van der Waals surface area contributed by atoms with Crippen LogP contribution in [0.5, 0.6) is 0 Å². The predicted molar refractivity (Wildman–Crippen MR) is 144 cm³/mol. The number of amides is 1. The minimum atomic E-state index is -4.26. The van der Waals surface area contributed by atoms with Crippen LogP contribution < -0.4 is 5.32 Å². The van der Waals surface area contributed by atoms with Gasteiger partial charge in [-0.15, -0.1) is 0 Å². The summed E-state index contributed by atoms with van der Waals surface area (Å²) in [5, 5.41) is 2.75. The molecule has 0 heterocycles. The number of nitrogens with zero attached hydrogens (tertiary/aromatic N) is 1. The van der Waals surface area contributed by atoms with Gasteiger partial charge in [0, 0.05) is 24.3 Å². The molecule has 0 aliphatic heterocycles. The minimum Gasteiger partial charge on any atom is -0.322 e. The van der Waals surface area contributed by atoms with Crippen LogP contribution in [-0.2, 0) is 29.4 Å². The second kappa shape index (κ2) is 12.0. The van der Waals surface area contributed by atoms with E-state index in [9.17, 15) is 17.6 Å². The lowest BCUT2D eigenvalue weighted by molar-refractivity contribution is 0.102. The number of sulfonamides is 1. The molecule has 0 aromatic heterocycles. The summed E-state index contributed by atoms with van der Waals surface area (Å²) in [7, 11) is -4.26. The van der Waals surface area contributed by atoms with E-state index in [4.69, 9.17) is 0 Å². The molecule has 190 valence electrons. The Hall–Kier alpha value is -3.81. The number of hydrogen-bond acceptors (Lipinski definition) is 3. The fourth-order valence-corrected chi connectivity index (χ4v) is 5.50. The van der Waals surface area contributed by atoms with E-state index in [0.717, 1.165) is 35.2 Å². The van der Waals surface area contributed by atoms with Crippen LogP contribution in [0.25, 0.3) is 0 Å². The zero-order valence-corrected chi connectivity index (χ0v) is 21.4. The molecule has 0 aliphatic carbocycles. The topological polar surface area (TPSA) is 66.5 Å². The van der Waals surface area contributed by atoms with Crippen molar-refractivity contribution in [2.75, 3.05) is 11.9 Å². The largest absolute Gasteiger partial charge is 0.322 e. The zero-order valence-electron chi connectivity index (χ0n) is 20.6. The maximum Gasteiger partial charge on any atom is 0.255 e. The molecular weight excluding hydrogens is 487 g/mol. The lowest BCUT2D eigenvalue weighted by Gasteiger charge is -2.23. The maximum absolute atomic E-state index is 15.0. The fourth-order valence-electron chi connectivity index (χ4n) is 3.98. The first-order valence-electron chi connectivity index (χ1n) is 12.1. The van der Waals surface area contributed by atoms with Crippen molar-refractivity contribution in [2.45, 2.75) is 31.2 Å². The number of anilines is 1. The third-order valence-corrected chi connectivity index (χ3v) is 7.99. The average molecular weight is 517 g/mol. The monoisotopic (exact) mass is 516 g/mol. The van der Waals surface area contributed by atoms with Gasteiger partial charge in [0.05, 0.1) is 0 Å². The molecule has 0 bridgehead atoms. The molecule has 4 aromatic rings. The fraction of sp³-hybridized carbons (Fsp3) is 0.167. The summed E-state index contributed by atoms with van der Waals surface area (Å²) >= 11 is 0. The Morgan fingerprint density at radius 3 is 2.05 bits per heavy atom. The summed E-state index contributed by atoms with van der Waals surface area (Å²) in [4.78, 5) is 12.4. The molecule has 0 unspecified atom stereocenters. The van der Waals surface area contributed by atoms with E-state index in [1.807, 2.05) is 79.7 Å². The summed E-state index contributed by atoms with van der Waals surface area (Å²) in [6.07, 6.45) is 1.33. The molecule has 4 aromatic carbocycles. The van der Waals surface area contributed by atoms with E-state index in [-0.39, 0.29) is 18.7 Å². The second-order valence-corrected chi connectivity index (χ2v) is 10.6. The Morgan fingerprint density at radius 1 is 0.811 bits per heavy atom. The van der Waals surface area contributed by atoms with Crippen LogP contribution in [0.2, 0.25) is 0 Å². The molecule has 0 aliphatic rings. The third kappa shape index (κ3) is 6.70. The van der Waals surface area contributed by atoms with Gasteiger partial charge in [-0.25, -0.2) is 12.8 Å². The molecular formula is C30H29FN2O3S. The highest BCUT2D eigenvalue weighted by Gasteiger charge is 2.28. The Kier molecular flexibility index (Phi) is 8.48. The molecule has 1 amide bonds. The maximum atomic E-state index is 15.0. The van der Waals surface area contributed by atoms with Crippen molar-refractivity contribution in [3.05, 3.63) is 131 Å². The molecule has 4 rings (SSSR count). The number of hydrogen-bond donors (Lipinski definition) is 1. The van der Waals surface area contributed by atoms with Gasteiger partial charge in [0.25, 0.3) is 5.91 Å². The van der Waals surface area contributed by atoms with Gasteiger partial charge >= 0.3 is 0 Å². The van der Waals surface area contributed by atoms with Crippen molar-refractivity contribution in [2.24, 2.45) is 0 Å². The van der Waals surface area contributed by atoms with E-state index in [0.29, 0.717) is 12.1 Å². The normalized spacial score (nSPS) is 11.4. The van der Waals surface area contributed by atoms with Crippen LogP contribution in [0.15, 0.2) is 108 Å². The van der Waals surface area contributed by atoms with E-state index in [1.54, 1.807) is 12.1 Å². The van der Waals surface area contributed by atoms with E-state index in [1.165, 1.54) is 10.4 Å². The summed E-state index contributed by atoms with van der Waals surface area (Å²) in [6, 6.07) is 29.5. The standard InChI is InChI=1S/C30H29FN2O3S/c1-2-23-13-16-27(17-14-23)32-30(34)26-15-18-28(31)29(21-26)37(35,36)33(22-25-11-7-4-8-12-25)20-19-24-9-5-3-6-10-24/h3-18,21H,2,19-20,22H2,1H3,(H,32,34). The molecule has 7 heteroatoms. The highest BCUT2D eigenvalue weighted by Crippen LogP contribution is 2.24. The van der Waals surface area contributed by atoms with Crippen molar-refractivity contribution in [3.63, 3.8) is 0 Å². The molecule has 1 N–H and O–H groups in total. The number of aryl methyl sites for hydroxylation is 1. The Bertz CT molecular complexity index is 1440. The highest BCUT2D eigenvalue weighted by molar-refractivity contribution is 7.89. The van der Waals surface area contributed by atoms with Crippen molar-refractivity contribution in [1.82, 2.24) is 4.31 Å². The first-order chi connectivity index (χ1) is 17.9. The Balaban J connectivity index is 1.62. The number of rotatable bonds is 10. The van der Waals surface area contributed by atoms with Gasteiger partial charge in [-0.05, 0) is 59.9 Å². The smallest absolute Gasteiger partial charge is 0.255 e. The Morgan fingerprint density at radius 2 is 1.43 bits per heavy atom. The molecule has 0 atom stereocenters. The molecule has 0 saturated carbocycles. The van der Waals surface area contributed by atoms with Gasteiger partial charge < -0.3 is 5.32 Å². The van der Waals surface area contributed by atoms with E-state index < -0.39 is 26.6 Å². The zero-order chi connectivity index (χ0) is 26.3. The quantitative estimate of drug-likeness (QED) is 0.278. The van der Waals surface area contributed by atoms with Gasteiger partial charge in [0.2, 0.25) is 10.0 Å². The average Bonchev–Trinajstić information content (AvgIpc) is 2.92. The molecule has 37 heavy (non-hydrogen) atoms. The first kappa shape index (κ1) is 26.3. The molecule has 0 fully saturated rings. The van der Waals surface area contributed by atoms with Gasteiger partial charge in [-0.1, -0.05) is 79.7 Å². The van der Waals surface area contributed by atoms with Crippen molar-refractivity contribution >= 4 is 21.6 Å². The lowest BCUT2D eigenvalue weighted by atomic mass is 10.1. The van der Waals surface area contributed by atoms with Crippen LogP contribution >= 0.6 is 0 Å². The number of benzene rings is 4. The van der Waals surface area contributed by atoms with Gasteiger partial charge in [0.1, 0.15) is 10.7 Å². The van der Waals surface area contributed by atoms with Crippen LogP contribution in [0.3, 0.4) is 0 Å². The van der Waals surface area contributed by atoms with Gasteiger partial charge in [0.15, 0.2) is 0 Å². The summed E-state index contributed by atoms with van der Waals surface area (Å²) in [5.74, 6) is -1.42.